The van der Waals surface area contributed by atoms with Crippen molar-refractivity contribution in [3.05, 3.63) is 150 Å². The number of carbonyl (C=O) groups excluding carboxylic acids is 1. The molecule has 1 atom stereocenters. The first-order chi connectivity index (χ1) is 21.5. The summed E-state index contributed by atoms with van der Waals surface area (Å²) in [4.78, 5) is 13.6. The Hall–Kier alpha value is -5.39. The Labute approximate surface area is 258 Å². The minimum atomic E-state index is -0.425. The zero-order chi connectivity index (χ0) is 30.7. The summed E-state index contributed by atoms with van der Waals surface area (Å²) in [6.07, 6.45) is 10.3. The van der Waals surface area contributed by atoms with Gasteiger partial charge in [-0.2, -0.15) is 0 Å². The largest absolute Gasteiger partial charge is 0.516 e. The number of benzene rings is 5. The molecule has 5 heteroatoms. The van der Waals surface area contributed by atoms with E-state index in [9.17, 15) is 4.79 Å². The Balaban J connectivity index is 1.27. The standard InChI is InChI=1S/C39H34O5/c1-3-42-28(2)43-34-21-14-29(15-22-34)8-4-5-9-30-16-23-35(24-17-30)44-39(41)38-36-11-7-6-10-32(36)20-25-37(38)33-18-12-31(13-19-33)26-27-40/h4-28,40H,3H2,1-2H3. The minimum absolute atomic E-state index is 0.283. The van der Waals surface area contributed by atoms with E-state index < -0.39 is 5.97 Å². The van der Waals surface area contributed by atoms with E-state index in [0.29, 0.717) is 17.9 Å². The zero-order valence-corrected chi connectivity index (χ0v) is 24.7. The van der Waals surface area contributed by atoms with Crippen LogP contribution < -0.4 is 9.47 Å². The van der Waals surface area contributed by atoms with Crippen LogP contribution in [0.2, 0.25) is 0 Å². The molecule has 0 amide bonds. The highest BCUT2D eigenvalue weighted by molar-refractivity contribution is 6.11. The van der Waals surface area contributed by atoms with E-state index in [4.69, 9.17) is 19.3 Å². The monoisotopic (exact) mass is 582 g/mol. The Bertz CT molecular complexity index is 1780. The van der Waals surface area contributed by atoms with E-state index in [0.717, 1.165) is 50.6 Å². The molecule has 44 heavy (non-hydrogen) atoms. The Kier molecular flexibility index (Phi) is 10.0. The maximum atomic E-state index is 13.6. The van der Waals surface area contributed by atoms with Gasteiger partial charge in [-0.3, -0.25) is 0 Å². The second-order valence-corrected chi connectivity index (χ2v) is 10.0. The fourth-order valence-corrected chi connectivity index (χ4v) is 4.85. The molecule has 1 N–H and O–H groups in total. The van der Waals surface area contributed by atoms with Gasteiger partial charge in [0, 0.05) is 6.61 Å². The third-order valence-corrected chi connectivity index (χ3v) is 6.98. The molecule has 0 saturated carbocycles. The van der Waals surface area contributed by atoms with Gasteiger partial charge in [0.25, 0.3) is 0 Å². The van der Waals surface area contributed by atoms with Crippen LogP contribution in [0.1, 0.15) is 40.9 Å². The average molecular weight is 583 g/mol. The fraction of sp³-hybridized carbons (Fsp3) is 0.103. The number of aliphatic hydroxyl groups excluding tert-OH is 1. The third-order valence-electron chi connectivity index (χ3n) is 6.98. The molecule has 0 saturated heterocycles. The highest BCUT2D eigenvalue weighted by Gasteiger charge is 2.19. The number of fused-ring (bicyclic) bond motifs is 1. The number of hydrogen-bond acceptors (Lipinski definition) is 5. The first-order valence-corrected chi connectivity index (χ1v) is 14.5. The summed E-state index contributed by atoms with van der Waals surface area (Å²) in [7, 11) is 0. The smallest absolute Gasteiger partial charge is 0.344 e. The fourth-order valence-electron chi connectivity index (χ4n) is 4.85. The van der Waals surface area contributed by atoms with Crippen molar-refractivity contribution in [1.29, 1.82) is 0 Å². The van der Waals surface area contributed by atoms with Gasteiger partial charge in [-0.25, -0.2) is 4.79 Å². The van der Waals surface area contributed by atoms with Crippen molar-refractivity contribution in [2.24, 2.45) is 0 Å². The van der Waals surface area contributed by atoms with Crippen molar-refractivity contribution in [3.8, 4) is 22.6 Å². The molecule has 5 rings (SSSR count). The molecular weight excluding hydrogens is 548 g/mol. The molecule has 0 bridgehead atoms. The quantitative estimate of drug-likeness (QED) is 0.0552. The zero-order valence-electron chi connectivity index (χ0n) is 24.7. The van der Waals surface area contributed by atoms with Crippen LogP contribution in [0.5, 0.6) is 11.5 Å². The molecule has 5 aromatic carbocycles. The van der Waals surface area contributed by atoms with Crippen LogP contribution in [0.15, 0.2) is 128 Å². The summed E-state index contributed by atoms with van der Waals surface area (Å²) in [5, 5.41) is 10.9. The summed E-state index contributed by atoms with van der Waals surface area (Å²) in [5.41, 5.74) is 5.06. The van der Waals surface area contributed by atoms with E-state index in [1.807, 2.05) is 135 Å². The Morgan fingerprint density at radius 3 is 1.95 bits per heavy atom. The topological polar surface area (TPSA) is 65.0 Å². The second kappa shape index (κ2) is 14.7. The van der Waals surface area contributed by atoms with Gasteiger partial charge >= 0.3 is 5.97 Å². The van der Waals surface area contributed by atoms with E-state index in [2.05, 4.69) is 0 Å². The van der Waals surface area contributed by atoms with Crippen LogP contribution in [-0.4, -0.2) is 24.0 Å². The van der Waals surface area contributed by atoms with Crippen molar-refractivity contribution in [2.45, 2.75) is 20.1 Å². The normalized spacial score (nSPS) is 12.3. The maximum absolute atomic E-state index is 13.6. The van der Waals surface area contributed by atoms with Crippen LogP contribution >= 0.6 is 0 Å². The van der Waals surface area contributed by atoms with Gasteiger partial charge in [-0.05, 0) is 82.8 Å². The van der Waals surface area contributed by atoms with E-state index >= 15 is 0 Å². The van der Waals surface area contributed by atoms with Gasteiger partial charge in [-0.1, -0.05) is 109 Å². The molecule has 0 aliphatic rings. The number of aliphatic hydroxyl groups is 1. The summed E-state index contributed by atoms with van der Waals surface area (Å²) in [5.74, 6) is 0.804. The van der Waals surface area contributed by atoms with E-state index in [1.54, 1.807) is 18.2 Å². The van der Waals surface area contributed by atoms with Crippen LogP contribution in [0.25, 0.3) is 40.1 Å². The number of hydrogen-bond donors (Lipinski definition) is 1. The SMILES string of the molecule is CCOC(C)Oc1ccc(C=CC=Cc2ccc(OC(=O)c3c(-c4ccc(C=CO)cc4)ccc4ccccc34)cc2)cc1. The lowest BCUT2D eigenvalue weighted by Gasteiger charge is -2.14. The van der Waals surface area contributed by atoms with Crippen molar-refractivity contribution in [3.63, 3.8) is 0 Å². The van der Waals surface area contributed by atoms with Gasteiger partial charge in [0.1, 0.15) is 11.5 Å². The number of rotatable bonds is 11. The summed E-state index contributed by atoms with van der Waals surface area (Å²) in [6, 6.07) is 34.6. The van der Waals surface area contributed by atoms with Crippen molar-refractivity contribution in [2.75, 3.05) is 6.61 Å². The number of allylic oxidation sites excluding steroid dienone is 2. The molecule has 1 unspecified atom stereocenters. The number of carbonyl (C=O) groups is 1. The lowest BCUT2D eigenvalue weighted by atomic mass is 9.93. The van der Waals surface area contributed by atoms with Crippen molar-refractivity contribution in [1.82, 2.24) is 0 Å². The Morgan fingerprint density at radius 2 is 1.32 bits per heavy atom. The van der Waals surface area contributed by atoms with Gasteiger partial charge in [-0.15, -0.1) is 0 Å². The highest BCUT2D eigenvalue weighted by atomic mass is 16.7. The number of esters is 1. The van der Waals surface area contributed by atoms with E-state index in [-0.39, 0.29) is 6.29 Å². The average Bonchev–Trinajstić information content (AvgIpc) is 3.04. The summed E-state index contributed by atoms with van der Waals surface area (Å²) in [6.45, 7) is 4.42. The minimum Gasteiger partial charge on any atom is -0.516 e. The molecule has 0 aromatic heterocycles. The molecule has 0 fully saturated rings. The molecule has 0 radical (unpaired) electrons. The molecule has 5 aromatic rings. The molecule has 0 aliphatic carbocycles. The lowest BCUT2D eigenvalue weighted by Crippen LogP contribution is -2.15. The van der Waals surface area contributed by atoms with Crippen LogP contribution in [-0.2, 0) is 4.74 Å². The summed E-state index contributed by atoms with van der Waals surface area (Å²) < 4.78 is 17.0. The van der Waals surface area contributed by atoms with Gasteiger partial charge < -0.3 is 19.3 Å². The maximum Gasteiger partial charge on any atom is 0.344 e. The summed E-state index contributed by atoms with van der Waals surface area (Å²) >= 11 is 0. The van der Waals surface area contributed by atoms with Gasteiger partial charge in [0.05, 0.1) is 11.8 Å². The number of ether oxygens (including phenoxy) is 3. The molecule has 5 nitrogen and oxygen atoms in total. The molecule has 0 spiro atoms. The third kappa shape index (κ3) is 7.71. The predicted molar refractivity (Wildman–Crippen MR) is 179 cm³/mol. The first kappa shape index (κ1) is 30.1. The van der Waals surface area contributed by atoms with Crippen LogP contribution in [0.3, 0.4) is 0 Å². The van der Waals surface area contributed by atoms with Gasteiger partial charge in [0.15, 0.2) is 6.29 Å². The van der Waals surface area contributed by atoms with Crippen molar-refractivity contribution >= 4 is 35.0 Å². The molecule has 220 valence electrons. The molecular formula is C39H34O5. The Morgan fingerprint density at radius 1 is 0.727 bits per heavy atom. The van der Waals surface area contributed by atoms with E-state index in [1.165, 1.54) is 0 Å². The van der Waals surface area contributed by atoms with Crippen molar-refractivity contribution < 1.29 is 24.1 Å². The molecule has 0 heterocycles. The predicted octanol–water partition coefficient (Wildman–Crippen LogP) is 9.74. The first-order valence-electron chi connectivity index (χ1n) is 14.5. The highest BCUT2D eigenvalue weighted by Crippen LogP contribution is 2.32. The van der Waals surface area contributed by atoms with Gasteiger partial charge in [0.2, 0.25) is 0 Å². The molecule has 0 aliphatic heterocycles. The lowest BCUT2D eigenvalue weighted by molar-refractivity contribution is -0.0613. The second-order valence-electron chi connectivity index (χ2n) is 10.0. The van der Waals surface area contributed by atoms with Crippen LogP contribution in [0, 0.1) is 0 Å². The van der Waals surface area contributed by atoms with Crippen LogP contribution in [0.4, 0.5) is 0 Å².